The topological polar surface area (TPSA) is 67.1 Å². The molecule has 2 unspecified atom stereocenters. The van der Waals surface area contributed by atoms with Crippen LogP contribution in [0.2, 0.25) is 0 Å². The number of benzene rings is 2. The number of rotatable bonds is 3. The quantitative estimate of drug-likeness (QED) is 0.775. The number of aromatic nitrogens is 2. The highest BCUT2D eigenvalue weighted by molar-refractivity contribution is 5.99. The van der Waals surface area contributed by atoms with E-state index in [9.17, 15) is 9.90 Å². The Morgan fingerprint density at radius 1 is 1.28 bits per heavy atom. The van der Waals surface area contributed by atoms with Crippen molar-refractivity contribution in [1.29, 1.82) is 0 Å². The first-order valence-electron chi connectivity index (χ1n) is 8.42. The van der Waals surface area contributed by atoms with E-state index in [1.165, 1.54) is 11.1 Å². The molecule has 5 nitrogen and oxygen atoms in total. The molecule has 0 fully saturated rings. The molecule has 2 aromatic carbocycles. The Labute approximate surface area is 145 Å². The summed E-state index contributed by atoms with van der Waals surface area (Å²) in [4.78, 5) is 15.8. The first kappa shape index (κ1) is 14.4. The van der Waals surface area contributed by atoms with Crippen LogP contribution in [0.25, 0.3) is 11.3 Å². The maximum atomic E-state index is 11.5. The summed E-state index contributed by atoms with van der Waals surface area (Å²) in [5.41, 5.74) is 6.15. The summed E-state index contributed by atoms with van der Waals surface area (Å²) in [5.74, 6) is 0.00872. The Morgan fingerprint density at radius 2 is 2.16 bits per heavy atom. The molecule has 124 valence electrons. The third-order valence-electron chi connectivity index (χ3n) is 5.18. The van der Waals surface area contributed by atoms with Crippen molar-refractivity contribution in [2.24, 2.45) is 0 Å². The number of hydrogen-bond acceptors (Lipinski definition) is 3. The van der Waals surface area contributed by atoms with E-state index in [-0.39, 0.29) is 11.9 Å². The van der Waals surface area contributed by atoms with E-state index in [0.29, 0.717) is 12.8 Å². The van der Waals surface area contributed by atoms with Crippen LogP contribution in [-0.4, -0.2) is 20.6 Å². The van der Waals surface area contributed by atoms with Crippen molar-refractivity contribution in [3.63, 3.8) is 0 Å². The Kier molecular flexibility index (Phi) is 3.05. The zero-order chi connectivity index (χ0) is 17.0. The minimum absolute atomic E-state index is 0.00872. The highest BCUT2D eigenvalue weighted by atomic mass is 16.3. The summed E-state index contributed by atoms with van der Waals surface area (Å²) >= 11 is 0. The van der Waals surface area contributed by atoms with Gasteiger partial charge in [0.1, 0.15) is 0 Å². The van der Waals surface area contributed by atoms with Crippen LogP contribution >= 0.6 is 0 Å². The molecule has 2 aliphatic rings. The second kappa shape index (κ2) is 5.29. The standard InChI is InChI=1S/C20H17N3O2/c24-19(12-5-6-16-13(7-12)8-20(25)22-16)9-17-14-3-1-2-4-15(14)18-10-21-11-23(17)18/h1-7,10-11,17,19,24H,8-9H2,(H,22,25). The number of imidazole rings is 1. The number of anilines is 1. The fourth-order valence-corrected chi connectivity index (χ4v) is 3.98. The molecule has 0 aliphatic carbocycles. The summed E-state index contributed by atoms with van der Waals surface area (Å²) in [6, 6.07) is 14.1. The third-order valence-corrected chi connectivity index (χ3v) is 5.18. The van der Waals surface area contributed by atoms with Gasteiger partial charge in [0.05, 0.1) is 36.8 Å². The molecule has 0 saturated heterocycles. The lowest BCUT2D eigenvalue weighted by Crippen LogP contribution is -2.10. The normalized spacial score (nSPS) is 18.4. The van der Waals surface area contributed by atoms with Crippen LogP contribution in [0.4, 0.5) is 5.69 Å². The molecule has 1 amide bonds. The largest absolute Gasteiger partial charge is 0.388 e. The second-order valence-electron chi connectivity index (χ2n) is 6.68. The highest BCUT2D eigenvalue weighted by Gasteiger charge is 2.30. The van der Waals surface area contributed by atoms with Gasteiger partial charge in [-0.05, 0) is 22.8 Å². The molecular formula is C20H17N3O2. The number of carbonyl (C=O) groups is 1. The molecule has 3 aromatic rings. The molecule has 2 aliphatic heterocycles. The number of aliphatic hydroxyl groups is 1. The maximum absolute atomic E-state index is 11.5. The number of amides is 1. The molecule has 0 spiro atoms. The number of nitrogens with one attached hydrogen (secondary N) is 1. The van der Waals surface area contributed by atoms with E-state index in [1.54, 1.807) is 0 Å². The lowest BCUT2D eigenvalue weighted by atomic mass is 9.95. The van der Waals surface area contributed by atoms with Gasteiger partial charge < -0.3 is 15.0 Å². The van der Waals surface area contributed by atoms with Gasteiger partial charge in [-0.15, -0.1) is 0 Å². The van der Waals surface area contributed by atoms with Crippen molar-refractivity contribution in [2.75, 3.05) is 5.32 Å². The van der Waals surface area contributed by atoms with Gasteiger partial charge in [0.15, 0.2) is 0 Å². The van der Waals surface area contributed by atoms with Gasteiger partial charge in [0.2, 0.25) is 5.91 Å². The number of nitrogens with zero attached hydrogens (tertiary/aromatic N) is 2. The first-order chi connectivity index (χ1) is 12.2. The first-order valence-corrected chi connectivity index (χ1v) is 8.42. The van der Waals surface area contributed by atoms with E-state index >= 15 is 0 Å². The van der Waals surface area contributed by atoms with Crippen molar-refractivity contribution in [2.45, 2.75) is 25.0 Å². The average Bonchev–Trinajstić information content (AvgIpc) is 3.29. The van der Waals surface area contributed by atoms with Crippen molar-refractivity contribution >= 4 is 11.6 Å². The number of hydrogen-bond donors (Lipinski definition) is 2. The highest BCUT2D eigenvalue weighted by Crippen LogP contribution is 2.43. The van der Waals surface area contributed by atoms with Crippen LogP contribution in [0.3, 0.4) is 0 Å². The van der Waals surface area contributed by atoms with E-state index in [4.69, 9.17) is 0 Å². The van der Waals surface area contributed by atoms with Crippen LogP contribution in [0, 0.1) is 0 Å². The average molecular weight is 331 g/mol. The molecule has 0 radical (unpaired) electrons. The molecule has 5 heteroatoms. The smallest absolute Gasteiger partial charge is 0.228 e. The fraction of sp³-hybridized carbons (Fsp3) is 0.200. The minimum Gasteiger partial charge on any atom is -0.388 e. The van der Waals surface area contributed by atoms with Crippen LogP contribution in [0.1, 0.15) is 35.3 Å². The number of aliphatic hydroxyl groups excluding tert-OH is 1. The second-order valence-corrected chi connectivity index (χ2v) is 6.68. The van der Waals surface area contributed by atoms with Gasteiger partial charge in [0, 0.05) is 17.7 Å². The van der Waals surface area contributed by atoms with E-state index < -0.39 is 6.10 Å². The monoisotopic (exact) mass is 331 g/mol. The van der Waals surface area contributed by atoms with Crippen LogP contribution < -0.4 is 5.32 Å². The lowest BCUT2D eigenvalue weighted by Gasteiger charge is -2.19. The van der Waals surface area contributed by atoms with Gasteiger partial charge in [-0.2, -0.15) is 0 Å². The van der Waals surface area contributed by atoms with Gasteiger partial charge in [-0.1, -0.05) is 36.4 Å². The van der Waals surface area contributed by atoms with Gasteiger partial charge >= 0.3 is 0 Å². The van der Waals surface area contributed by atoms with Gasteiger partial charge in [-0.25, -0.2) is 4.98 Å². The lowest BCUT2D eigenvalue weighted by molar-refractivity contribution is -0.115. The van der Waals surface area contributed by atoms with E-state index in [1.807, 2.05) is 42.9 Å². The number of fused-ring (bicyclic) bond motifs is 4. The Hall–Kier alpha value is -2.92. The predicted molar refractivity (Wildman–Crippen MR) is 94.2 cm³/mol. The molecule has 0 bridgehead atoms. The molecule has 2 N–H and O–H groups in total. The molecule has 3 heterocycles. The summed E-state index contributed by atoms with van der Waals surface area (Å²) in [6.45, 7) is 0. The van der Waals surface area contributed by atoms with Crippen molar-refractivity contribution in [3.8, 4) is 11.3 Å². The van der Waals surface area contributed by atoms with Crippen molar-refractivity contribution in [1.82, 2.24) is 9.55 Å². The molecule has 5 rings (SSSR count). The summed E-state index contributed by atoms with van der Waals surface area (Å²) in [6.07, 6.45) is 4.05. The summed E-state index contributed by atoms with van der Waals surface area (Å²) < 4.78 is 2.13. The van der Waals surface area contributed by atoms with Gasteiger partial charge in [-0.3, -0.25) is 4.79 Å². The third kappa shape index (κ3) is 2.20. The Morgan fingerprint density at radius 3 is 3.08 bits per heavy atom. The molecular weight excluding hydrogens is 314 g/mol. The SMILES string of the molecule is O=C1Cc2cc(C(O)CC3c4ccccc4-c4cncn43)ccc2N1. The van der Waals surface area contributed by atoms with E-state index in [2.05, 4.69) is 27.0 Å². The van der Waals surface area contributed by atoms with Gasteiger partial charge in [0.25, 0.3) is 0 Å². The fourth-order valence-electron chi connectivity index (χ4n) is 3.98. The molecule has 2 atom stereocenters. The minimum atomic E-state index is -0.604. The zero-order valence-corrected chi connectivity index (χ0v) is 13.5. The van der Waals surface area contributed by atoms with Crippen molar-refractivity contribution < 1.29 is 9.90 Å². The van der Waals surface area contributed by atoms with Crippen molar-refractivity contribution in [3.05, 3.63) is 71.7 Å². The molecule has 1 aromatic heterocycles. The molecule has 25 heavy (non-hydrogen) atoms. The van der Waals surface area contributed by atoms with Crippen LogP contribution in [0.15, 0.2) is 55.0 Å². The Balaban J connectivity index is 1.46. The van der Waals surface area contributed by atoms with E-state index in [0.717, 1.165) is 22.5 Å². The molecule has 0 saturated carbocycles. The predicted octanol–water partition coefficient (Wildman–Crippen LogP) is 3.07. The number of carbonyl (C=O) groups excluding carboxylic acids is 1. The Bertz CT molecular complexity index is 992. The summed E-state index contributed by atoms with van der Waals surface area (Å²) in [5, 5.41) is 13.7. The summed E-state index contributed by atoms with van der Waals surface area (Å²) in [7, 11) is 0. The van der Waals surface area contributed by atoms with Crippen LogP contribution in [0.5, 0.6) is 0 Å². The maximum Gasteiger partial charge on any atom is 0.228 e. The zero-order valence-electron chi connectivity index (χ0n) is 13.5. The van der Waals surface area contributed by atoms with Crippen LogP contribution in [-0.2, 0) is 11.2 Å².